The highest BCUT2D eigenvalue weighted by molar-refractivity contribution is 7.87. The van der Waals surface area contributed by atoms with Crippen molar-refractivity contribution in [3.63, 3.8) is 0 Å². The van der Waals surface area contributed by atoms with Gasteiger partial charge in [0.15, 0.2) is 0 Å². The molecule has 0 spiro atoms. The standard InChI is InChI=1S/C6H16N2O5S/c1-8(2)14(12,13)7-6(3-9,4-10)5-11/h7,9-11H,3-5H2,1-2H3. The lowest BCUT2D eigenvalue weighted by atomic mass is 10.1. The third-order valence-electron chi connectivity index (χ3n) is 1.73. The van der Waals surface area contributed by atoms with Gasteiger partial charge >= 0.3 is 0 Å². The van der Waals surface area contributed by atoms with Crippen LogP contribution in [0.4, 0.5) is 0 Å². The number of nitrogens with one attached hydrogen (secondary N) is 1. The number of hydrogen-bond acceptors (Lipinski definition) is 5. The monoisotopic (exact) mass is 228 g/mol. The van der Waals surface area contributed by atoms with Crippen molar-refractivity contribution in [2.24, 2.45) is 0 Å². The molecule has 0 aliphatic carbocycles. The molecule has 0 atom stereocenters. The molecule has 0 heterocycles. The molecule has 8 heteroatoms. The molecule has 0 aliphatic rings. The molecule has 0 aromatic carbocycles. The third kappa shape index (κ3) is 3.15. The van der Waals surface area contributed by atoms with E-state index in [1.54, 1.807) is 0 Å². The number of nitrogens with zero attached hydrogens (tertiary/aromatic N) is 1. The number of hydrogen-bond donors (Lipinski definition) is 4. The summed E-state index contributed by atoms with van der Waals surface area (Å²) in [5, 5.41) is 26.6. The Hall–Kier alpha value is -0.250. The molecule has 0 saturated heterocycles. The first-order valence-electron chi connectivity index (χ1n) is 3.87. The highest BCUT2D eigenvalue weighted by Crippen LogP contribution is 2.05. The van der Waals surface area contributed by atoms with Crippen molar-refractivity contribution in [1.29, 1.82) is 0 Å². The maximum Gasteiger partial charge on any atom is 0.279 e. The van der Waals surface area contributed by atoms with Gasteiger partial charge in [-0.1, -0.05) is 0 Å². The molecule has 86 valence electrons. The maximum atomic E-state index is 11.3. The predicted molar refractivity (Wildman–Crippen MR) is 49.7 cm³/mol. The van der Waals surface area contributed by atoms with E-state index in [9.17, 15) is 8.42 Å². The Balaban J connectivity index is 4.78. The molecule has 0 fully saturated rings. The lowest BCUT2D eigenvalue weighted by molar-refractivity contribution is 0.0572. The molecule has 0 amide bonds. The van der Waals surface area contributed by atoms with E-state index in [0.29, 0.717) is 0 Å². The summed E-state index contributed by atoms with van der Waals surface area (Å²) in [4.78, 5) is 0. The molecule has 0 aliphatic heterocycles. The van der Waals surface area contributed by atoms with Crippen LogP contribution in [0.15, 0.2) is 0 Å². The van der Waals surface area contributed by atoms with E-state index in [1.165, 1.54) is 14.1 Å². The van der Waals surface area contributed by atoms with Gasteiger partial charge in [-0.15, -0.1) is 0 Å². The first-order valence-corrected chi connectivity index (χ1v) is 5.31. The van der Waals surface area contributed by atoms with Crippen LogP contribution in [0.2, 0.25) is 0 Å². The molecule has 0 radical (unpaired) electrons. The van der Waals surface area contributed by atoms with Gasteiger partial charge in [0, 0.05) is 14.1 Å². The Morgan fingerprint density at radius 2 is 1.50 bits per heavy atom. The fourth-order valence-corrected chi connectivity index (χ4v) is 1.54. The zero-order valence-corrected chi connectivity index (χ0v) is 8.95. The van der Waals surface area contributed by atoms with Crippen LogP contribution in [0.3, 0.4) is 0 Å². The van der Waals surface area contributed by atoms with Crippen molar-refractivity contribution >= 4 is 10.2 Å². The third-order valence-corrected chi connectivity index (χ3v) is 3.39. The van der Waals surface area contributed by atoms with Gasteiger partial charge in [-0.3, -0.25) is 0 Å². The van der Waals surface area contributed by atoms with Crippen molar-refractivity contribution in [1.82, 2.24) is 9.03 Å². The Kier molecular flexibility index (Phi) is 4.92. The van der Waals surface area contributed by atoms with Crippen molar-refractivity contribution in [3.8, 4) is 0 Å². The fourth-order valence-electron chi connectivity index (χ4n) is 0.612. The molecule has 4 N–H and O–H groups in total. The molecule has 0 saturated carbocycles. The van der Waals surface area contributed by atoms with Crippen molar-refractivity contribution in [2.45, 2.75) is 5.54 Å². The molecule has 0 rings (SSSR count). The van der Waals surface area contributed by atoms with E-state index < -0.39 is 35.6 Å². The zero-order valence-electron chi connectivity index (χ0n) is 8.13. The van der Waals surface area contributed by atoms with Gasteiger partial charge in [-0.25, -0.2) is 0 Å². The smallest absolute Gasteiger partial charge is 0.279 e. The van der Waals surface area contributed by atoms with Gasteiger partial charge in [0.05, 0.1) is 19.8 Å². The van der Waals surface area contributed by atoms with Gasteiger partial charge in [-0.2, -0.15) is 17.4 Å². The second kappa shape index (κ2) is 5.01. The summed E-state index contributed by atoms with van der Waals surface area (Å²) in [5.74, 6) is 0. The van der Waals surface area contributed by atoms with Crippen LogP contribution >= 0.6 is 0 Å². The van der Waals surface area contributed by atoms with E-state index >= 15 is 0 Å². The van der Waals surface area contributed by atoms with Crippen LogP contribution in [0.25, 0.3) is 0 Å². The van der Waals surface area contributed by atoms with Gasteiger partial charge in [-0.05, 0) is 0 Å². The SMILES string of the molecule is CN(C)S(=O)(=O)NC(CO)(CO)CO. The average Bonchev–Trinajstić information content (AvgIpc) is 2.14. The van der Waals surface area contributed by atoms with Crippen LogP contribution in [0, 0.1) is 0 Å². The first kappa shape index (κ1) is 13.8. The summed E-state index contributed by atoms with van der Waals surface area (Å²) in [7, 11) is -1.21. The molecule has 0 aromatic heterocycles. The number of rotatable bonds is 6. The van der Waals surface area contributed by atoms with Crippen LogP contribution in [0.1, 0.15) is 0 Å². The lowest BCUT2D eigenvalue weighted by Gasteiger charge is -2.29. The van der Waals surface area contributed by atoms with Crippen molar-refractivity contribution < 1.29 is 23.7 Å². The van der Waals surface area contributed by atoms with E-state index in [1.807, 2.05) is 4.72 Å². The summed E-state index contributed by atoms with van der Waals surface area (Å²) in [6.45, 7) is -2.06. The van der Waals surface area contributed by atoms with Crippen LogP contribution in [-0.4, -0.2) is 67.5 Å². The summed E-state index contributed by atoms with van der Waals surface area (Å²) < 4.78 is 25.5. The Labute approximate surface area is 83.2 Å². The minimum Gasteiger partial charge on any atom is -0.394 e. The summed E-state index contributed by atoms with van der Waals surface area (Å²) >= 11 is 0. The molecular formula is C6H16N2O5S. The highest BCUT2D eigenvalue weighted by Gasteiger charge is 2.33. The highest BCUT2D eigenvalue weighted by atomic mass is 32.2. The molecule has 0 unspecified atom stereocenters. The van der Waals surface area contributed by atoms with Gasteiger partial charge in [0.1, 0.15) is 5.54 Å². The zero-order chi connectivity index (χ0) is 11.4. The second-order valence-electron chi connectivity index (χ2n) is 3.14. The summed E-state index contributed by atoms with van der Waals surface area (Å²) in [6.07, 6.45) is 0. The summed E-state index contributed by atoms with van der Waals surface area (Å²) in [5.41, 5.74) is -1.62. The molecule has 0 bridgehead atoms. The van der Waals surface area contributed by atoms with E-state index in [2.05, 4.69) is 0 Å². The van der Waals surface area contributed by atoms with Crippen molar-refractivity contribution in [3.05, 3.63) is 0 Å². The Morgan fingerprint density at radius 3 is 1.71 bits per heavy atom. The largest absolute Gasteiger partial charge is 0.394 e. The Bertz CT molecular complexity index is 251. The molecule has 0 aromatic rings. The van der Waals surface area contributed by atoms with Gasteiger partial charge in [0.25, 0.3) is 10.2 Å². The number of aliphatic hydroxyl groups is 3. The fraction of sp³-hybridized carbons (Fsp3) is 1.00. The predicted octanol–water partition coefficient (Wildman–Crippen LogP) is -2.90. The van der Waals surface area contributed by atoms with Crippen LogP contribution < -0.4 is 4.72 Å². The van der Waals surface area contributed by atoms with Crippen LogP contribution in [0.5, 0.6) is 0 Å². The minimum atomic E-state index is -3.79. The second-order valence-corrected chi connectivity index (χ2v) is 5.03. The lowest BCUT2D eigenvalue weighted by Crippen LogP contribution is -2.59. The van der Waals surface area contributed by atoms with E-state index in [-0.39, 0.29) is 0 Å². The van der Waals surface area contributed by atoms with Crippen LogP contribution in [-0.2, 0) is 10.2 Å². The quantitative estimate of drug-likeness (QED) is 0.390. The minimum absolute atomic E-state index is 0.687. The van der Waals surface area contributed by atoms with Crippen molar-refractivity contribution in [2.75, 3.05) is 33.9 Å². The van der Waals surface area contributed by atoms with Gasteiger partial charge < -0.3 is 15.3 Å². The molecule has 14 heavy (non-hydrogen) atoms. The van der Waals surface area contributed by atoms with E-state index in [4.69, 9.17) is 15.3 Å². The normalized spacial score (nSPS) is 13.6. The number of aliphatic hydroxyl groups excluding tert-OH is 3. The molecule has 7 nitrogen and oxygen atoms in total. The Morgan fingerprint density at radius 1 is 1.14 bits per heavy atom. The first-order chi connectivity index (χ1) is 6.33. The topological polar surface area (TPSA) is 110 Å². The van der Waals surface area contributed by atoms with Gasteiger partial charge in [0.2, 0.25) is 0 Å². The average molecular weight is 228 g/mol. The summed E-state index contributed by atoms with van der Waals surface area (Å²) in [6, 6.07) is 0. The van der Waals surface area contributed by atoms with E-state index in [0.717, 1.165) is 4.31 Å². The molecular weight excluding hydrogens is 212 g/mol. The maximum absolute atomic E-state index is 11.3.